The largest absolute Gasteiger partial charge is 0.484 e. The lowest BCUT2D eigenvalue weighted by atomic mass is 10.1. The van der Waals surface area contributed by atoms with E-state index in [1.165, 1.54) is 4.90 Å². The SMILES string of the molecule is Cl.O=C(COc1ccc(Cl)cc1)N1CCN(C(=O)C2CC(F)(F)CN2)CC1. The Morgan fingerprint density at radius 3 is 2.30 bits per heavy atom. The smallest absolute Gasteiger partial charge is 0.262 e. The van der Waals surface area contributed by atoms with Crippen molar-refractivity contribution >= 4 is 35.8 Å². The van der Waals surface area contributed by atoms with Crippen LogP contribution >= 0.6 is 24.0 Å². The third-order valence-electron chi connectivity index (χ3n) is 4.53. The molecule has 1 aromatic carbocycles. The van der Waals surface area contributed by atoms with Crippen molar-refractivity contribution < 1.29 is 23.1 Å². The van der Waals surface area contributed by atoms with Gasteiger partial charge in [0, 0.05) is 37.6 Å². The zero-order valence-electron chi connectivity index (χ0n) is 14.5. The Kier molecular flexibility index (Phi) is 7.25. The van der Waals surface area contributed by atoms with Gasteiger partial charge in [-0.1, -0.05) is 11.6 Å². The second-order valence-electron chi connectivity index (χ2n) is 6.44. The number of nitrogens with zero attached hydrogens (tertiary/aromatic N) is 2. The summed E-state index contributed by atoms with van der Waals surface area (Å²) in [6.07, 6.45) is -0.472. The molecule has 0 radical (unpaired) electrons. The summed E-state index contributed by atoms with van der Waals surface area (Å²) in [5.74, 6) is -2.80. The monoisotopic (exact) mass is 423 g/mol. The molecule has 1 atom stereocenters. The van der Waals surface area contributed by atoms with Gasteiger partial charge in [-0.3, -0.25) is 14.9 Å². The van der Waals surface area contributed by atoms with Gasteiger partial charge < -0.3 is 14.5 Å². The Morgan fingerprint density at radius 2 is 1.74 bits per heavy atom. The van der Waals surface area contributed by atoms with Crippen LogP contribution in [-0.2, 0) is 9.59 Å². The number of halogens is 4. The highest BCUT2D eigenvalue weighted by Crippen LogP contribution is 2.26. The van der Waals surface area contributed by atoms with Crippen molar-refractivity contribution in [3.05, 3.63) is 29.3 Å². The number of piperazine rings is 1. The first kappa shape index (κ1) is 21.7. The van der Waals surface area contributed by atoms with Gasteiger partial charge in [0.15, 0.2) is 6.61 Å². The summed E-state index contributed by atoms with van der Waals surface area (Å²) in [5, 5.41) is 3.15. The minimum Gasteiger partial charge on any atom is -0.484 e. The van der Waals surface area contributed by atoms with Crippen LogP contribution in [0.25, 0.3) is 0 Å². The summed E-state index contributed by atoms with van der Waals surface area (Å²) in [4.78, 5) is 27.6. The predicted molar refractivity (Wildman–Crippen MR) is 98.7 cm³/mol. The molecule has 1 N–H and O–H groups in total. The van der Waals surface area contributed by atoms with E-state index in [4.69, 9.17) is 16.3 Å². The van der Waals surface area contributed by atoms with Crippen LogP contribution < -0.4 is 10.1 Å². The standard InChI is InChI=1S/C17H20ClF2N3O3.ClH/c18-12-1-3-13(4-2-12)26-10-15(24)22-5-7-23(8-6-22)16(25)14-9-17(19,20)11-21-14;/h1-4,14,21H,5-11H2;1H. The summed E-state index contributed by atoms with van der Waals surface area (Å²) < 4.78 is 31.9. The van der Waals surface area contributed by atoms with Crippen molar-refractivity contribution in [2.75, 3.05) is 39.3 Å². The van der Waals surface area contributed by atoms with Gasteiger partial charge in [-0.25, -0.2) is 8.78 Å². The topological polar surface area (TPSA) is 61.9 Å². The van der Waals surface area contributed by atoms with E-state index in [9.17, 15) is 18.4 Å². The molecule has 2 heterocycles. The summed E-state index contributed by atoms with van der Waals surface area (Å²) >= 11 is 5.79. The van der Waals surface area contributed by atoms with Crippen LogP contribution in [0.2, 0.25) is 5.02 Å². The highest BCUT2D eigenvalue weighted by Gasteiger charge is 2.43. The first-order chi connectivity index (χ1) is 12.3. The molecule has 6 nitrogen and oxygen atoms in total. The molecule has 2 saturated heterocycles. The molecule has 27 heavy (non-hydrogen) atoms. The molecule has 2 aliphatic heterocycles. The molecular weight excluding hydrogens is 403 g/mol. The normalized spacial score (nSPS) is 21.5. The van der Waals surface area contributed by atoms with Gasteiger partial charge in [0.05, 0.1) is 12.6 Å². The van der Waals surface area contributed by atoms with E-state index in [2.05, 4.69) is 5.32 Å². The van der Waals surface area contributed by atoms with Gasteiger partial charge in [0.25, 0.3) is 11.8 Å². The molecular formula is C17H21Cl2F2N3O3. The van der Waals surface area contributed by atoms with Crippen molar-refractivity contribution in [3.63, 3.8) is 0 Å². The molecule has 3 rings (SSSR count). The van der Waals surface area contributed by atoms with Gasteiger partial charge in [-0.2, -0.15) is 0 Å². The number of alkyl halides is 2. The first-order valence-electron chi connectivity index (χ1n) is 8.40. The second kappa shape index (κ2) is 9.03. The van der Waals surface area contributed by atoms with E-state index in [1.54, 1.807) is 29.2 Å². The van der Waals surface area contributed by atoms with Gasteiger partial charge >= 0.3 is 0 Å². The molecule has 1 unspecified atom stereocenters. The molecule has 1 aromatic rings. The van der Waals surface area contributed by atoms with E-state index in [0.29, 0.717) is 37.0 Å². The van der Waals surface area contributed by atoms with Crippen LogP contribution in [0.3, 0.4) is 0 Å². The number of amides is 2. The zero-order chi connectivity index (χ0) is 18.7. The number of benzene rings is 1. The lowest BCUT2D eigenvalue weighted by Gasteiger charge is -2.35. The second-order valence-corrected chi connectivity index (χ2v) is 6.88. The van der Waals surface area contributed by atoms with E-state index in [0.717, 1.165) is 0 Å². The van der Waals surface area contributed by atoms with E-state index in [1.807, 2.05) is 0 Å². The van der Waals surface area contributed by atoms with Gasteiger partial charge in [0.1, 0.15) is 5.75 Å². The molecule has 0 aliphatic carbocycles. The molecule has 0 bridgehead atoms. The van der Waals surface area contributed by atoms with Crippen LogP contribution in [-0.4, -0.2) is 72.9 Å². The predicted octanol–water partition coefficient (Wildman–Crippen LogP) is 1.81. The Balaban J connectivity index is 0.00000261. The summed E-state index contributed by atoms with van der Waals surface area (Å²) in [6, 6.07) is 5.85. The van der Waals surface area contributed by atoms with Crippen molar-refractivity contribution in [1.29, 1.82) is 0 Å². The molecule has 2 fully saturated rings. The molecule has 0 saturated carbocycles. The van der Waals surface area contributed by atoms with Crippen molar-refractivity contribution in [3.8, 4) is 5.75 Å². The van der Waals surface area contributed by atoms with Gasteiger partial charge in [-0.05, 0) is 24.3 Å². The van der Waals surface area contributed by atoms with Crippen LogP contribution in [0, 0.1) is 0 Å². The minimum atomic E-state index is -2.84. The average Bonchev–Trinajstić information content (AvgIpc) is 3.00. The van der Waals surface area contributed by atoms with Gasteiger partial charge in [-0.15, -0.1) is 12.4 Å². The Labute approximate surface area is 167 Å². The number of nitrogens with one attached hydrogen (secondary N) is 1. The highest BCUT2D eigenvalue weighted by atomic mass is 35.5. The number of hydrogen-bond donors (Lipinski definition) is 1. The van der Waals surface area contributed by atoms with E-state index in [-0.39, 0.29) is 30.8 Å². The zero-order valence-corrected chi connectivity index (χ0v) is 16.1. The van der Waals surface area contributed by atoms with Crippen molar-refractivity contribution in [1.82, 2.24) is 15.1 Å². The number of ether oxygens (including phenoxy) is 1. The summed E-state index contributed by atoms with van der Waals surface area (Å²) in [6.45, 7) is 0.801. The highest BCUT2D eigenvalue weighted by molar-refractivity contribution is 6.30. The maximum Gasteiger partial charge on any atom is 0.262 e. The molecule has 2 aliphatic rings. The summed E-state index contributed by atoms with van der Waals surface area (Å²) in [7, 11) is 0. The van der Waals surface area contributed by atoms with Crippen molar-refractivity contribution in [2.45, 2.75) is 18.4 Å². The lowest BCUT2D eigenvalue weighted by Crippen LogP contribution is -2.54. The quantitative estimate of drug-likeness (QED) is 0.801. The van der Waals surface area contributed by atoms with Crippen LogP contribution in [0.1, 0.15) is 6.42 Å². The maximum absolute atomic E-state index is 13.2. The molecule has 150 valence electrons. The average molecular weight is 424 g/mol. The van der Waals surface area contributed by atoms with E-state index >= 15 is 0 Å². The fourth-order valence-electron chi connectivity index (χ4n) is 3.05. The molecule has 0 spiro atoms. The number of carbonyl (C=O) groups is 2. The van der Waals surface area contributed by atoms with Gasteiger partial charge in [0.2, 0.25) is 5.91 Å². The Bertz CT molecular complexity index is 668. The Morgan fingerprint density at radius 1 is 1.15 bits per heavy atom. The fraction of sp³-hybridized carbons (Fsp3) is 0.529. The fourth-order valence-corrected chi connectivity index (χ4v) is 3.18. The van der Waals surface area contributed by atoms with Crippen LogP contribution in [0.15, 0.2) is 24.3 Å². The molecule has 10 heteroatoms. The summed E-state index contributed by atoms with van der Waals surface area (Å²) in [5.41, 5.74) is 0. The van der Waals surface area contributed by atoms with Crippen LogP contribution in [0.4, 0.5) is 8.78 Å². The Hall–Kier alpha value is -1.64. The number of rotatable bonds is 4. The minimum absolute atomic E-state index is 0. The number of hydrogen-bond acceptors (Lipinski definition) is 4. The first-order valence-corrected chi connectivity index (χ1v) is 8.78. The lowest BCUT2D eigenvalue weighted by molar-refractivity contribution is -0.141. The molecule has 2 amide bonds. The third kappa shape index (κ3) is 5.67. The van der Waals surface area contributed by atoms with Crippen molar-refractivity contribution in [2.24, 2.45) is 0 Å². The van der Waals surface area contributed by atoms with Crippen LogP contribution in [0.5, 0.6) is 5.75 Å². The number of carbonyl (C=O) groups excluding carboxylic acids is 2. The molecule has 0 aromatic heterocycles. The third-order valence-corrected chi connectivity index (χ3v) is 4.78. The van der Waals surface area contributed by atoms with E-state index < -0.39 is 24.9 Å². The maximum atomic E-state index is 13.2.